The van der Waals surface area contributed by atoms with Gasteiger partial charge in [0.05, 0.1) is 23.9 Å². The number of anilines is 1. The highest BCUT2D eigenvalue weighted by Gasteiger charge is 2.46. The predicted molar refractivity (Wildman–Crippen MR) is 136 cm³/mol. The third-order valence-electron chi connectivity index (χ3n) is 6.95. The molecular formula is C29H29N3O3. The first kappa shape index (κ1) is 22.8. The average Bonchev–Trinajstić information content (AvgIpc) is 3.13. The highest BCUT2D eigenvalue weighted by Crippen LogP contribution is 2.41. The van der Waals surface area contributed by atoms with Crippen LogP contribution in [0.2, 0.25) is 0 Å². The van der Waals surface area contributed by atoms with Crippen LogP contribution in [0, 0.1) is 0 Å². The smallest absolute Gasteiger partial charge is 0.296 e. The molecule has 1 N–H and O–H groups in total. The number of likely N-dealkylation sites (tertiary alicyclic amines) is 1. The summed E-state index contributed by atoms with van der Waals surface area (Å²) >= 11 is 0. The number of Topliss-reactive ketones (excluding diaryl/α,β-unsaturated/α-hetero) is 1. The van der Waals surface area contributed by atoms with Crippen molar-refractivity contribution in [3.8, 4) is 0 Å². The monoisotopic (exact) mass is 467 g/mol. The Labute approximate surface area is 205 Å². The third-order valence-corrected chi connectivity index (χ3v) is 6.95. The normalized spacial score (nSPS) is 19.0. The average molecular weight is 468 g/mol. The van der Waals surface area contributed by atoms with Crippen molar-refractivity contribution in [2.24, 2.45) is 0 Å². The van der Waals surface area contributed by atoms with Gasteiger partial charge in [0.25, 0.3) is 11.7 Å². The first-order chi connectivity index (χ1) is 16.9. The lowest BCUT2D eigenvalue weighted by molar-refractivity contribution is -0.140. The van der Waals surface area contributed by atoms with Crippen molar-refractivity contribution in [3.63, 3.8) is 0 Å². The Bertz CT molecular complexity index is 1300. The lowest BCUT2D eigenvalue weighted by atomic mass is 9.88. The van der Waals surface area contributed by atoms with Crippen LogP contribution in [0.3, 0.4) is 0 Å². The van der Waals surface area contributed by atoms with Crippen LogP contribution in [0.15, 0.2) is 72.4 Å². The van der Waals surface area contributed by atoms with Crippen LogP contribution in [0.25, 0.3) is 5.76 Å². The number of hydrogen-bond donors (Lipinski definition) is 1. The van der Waals surface area contributed by atoms with E-state index in [0.29, 0.717) is 11.3 Å². The summed E-state index contributed by atoms with van der Waals surface area (Å²) in [5.41, 5.74) is 5.65. The fraction of sp³-hybridized carbons (Fsp3) is 0.276. The number of rotatable bonds is 5. The Morgan fingerprint density at radius 3 is 2.43 bits per heavy atom. The first-order valence-corrected chi connectivity index (χ1v) is 12.0. The Morgan fingerprint density at radius 2 is 1.74 bits per heavy atom. The van der Waals surface area contributed by atoms with E-state index in [-0.39, 0.29) is 17.9 Å². The van der Waals surface area contributed by atoms with E-state index in [1.165, 1.54) is 22.4 Å². The zero-order chi connectivity index (χ0) is 24.5. The highest BCUT2D eigenvalue weighted by atomic mass is 16.3. The molecule has 5 rings (SSSR count). The zero-order valence-electron chi connectivity index (χ0n) is 20.1. The summed E-state index contributed by atoms with van der Waals surface area (Å²) in [6, 6.07) is 18.4. The number of carbonyl (C=O) groups is 2. The van der Waals surface area contributed by atoms with E-state index in [1.807, 2.05) is 79.7 Å². The van der Waals surface area contributed by atoms with Crippen molar-refractivity contribution >= 4 is 23.1 Å². The summed E-state index contributed by atoms with van der Waals surface area (Å²) in [5, 5.41) is 11.4. The minimum Gasteiger partial charge on any atom is -0.507 e. The van der Waals surface area contributed by atoms with Gasteiger partial charge in [0.15, 0.2) is 0 Å². The van der Waals surface area contributed by atoms with Gasteiger partial charge in [0, 0.05) is 31.5 Å². The molecule has 1 fully saturated rings. The number of aryl methyl sites for hydroxylation is 2. The topological polar surface area (TPSA) is 73.7 Å². The fourth-order valence-corrected chi connectivity index (χ4v) is 5.05. The van der Waals surface area contributed by atoms with E-state index in [9.17, 15) is 14.7 Å². The van der Waals surface area contributed by atoms with Gasteiger partial charge in [-0.05, 0) is 72.7 Å². The highest BCUT2D eigenvalue weighted by molar-refractivity contribution is 6.46. The second-order valence-corrected chi connectivity index (χ2v) is 9.42. The Balaban J connectivity index is 1.62. The number of hydrogen-bond acceptors (Lipinski definition) is 5. The first-order valence-electron chi connectivity index (χ1n) is 12.0. The molecule has 0 spiro atoms. The maximum Gasteiger partial charge on any atom is 0.296 e. The second-order valence-electron chi connectivity index (χ2n) is 9.42. The molecule has 0 bridgehead atoms. The molecule has 178 valence electrons. The molecule has 1 aliphatic carbocycles. The van der Waals surface area contributed by atoms with Crippen LogP contribution in [-0.4, -0.2) is 40.8 Å². The number of benzene rings is 2. The minimum absolute atomic E-state index is 0.123. The van der Waals surface area contributed by atoms with Crippen molar-refractivity contribution in [2.75, 3.05) is 19.0 Å². The van der Waals surface area contributed by atoms with Gasteiger partial charge in [-0.1, -0.05) is 30.3 Å². The third kappa shape index (κ3) is 4.32. The van der Waals surface area contributed by atoms with E-state index in [4.69, 9.17) is 0 Å². The molecule has 0 radical (unpaired) electrons. The summed E-state index contributed by atoms with van der Waals surface area (Å²) < 4.78 is 0. The number of aromatic nitrogens is 1. The number of amides is 1. The summed E-state index contributed by atoms with van der Waals surface area (Å²) in [6.45, 7) is 0.173. The lowest BCUT2D eigenvalue weighted by Gasteiger charge is -2.26. The number of nitrogens with zero attached hydrogens (tertiary/aromatic N) is 3. The molecule has 3 aromatic rings. The van der Waals surface area contributed by atoms with Gasteiger partial charge in [-0.15, -0.1) is 0 Å². The lowest BCUT2D eigenvalue weighted by Crippen LogP contribution is -2.29. The summed E-state index contributed by atoms with van der Waals surface area (Å²) in [7, 11) is 3.91. The molecule has 1 aromatic heterocycles. The van der Waals surface area contributed by atoms with Gasteiger partial charge >= 0.3 is 0 Å². The van der Waals surface area contributed by atoms with Crippen molar-refractivity contribution < 1.29 is 14.7 Å². The van der Waals surface area contributed by atoms with Gasteiger partial charge in [-0.25, -0.2) is 0 Å². The molecule has 1 unspecified atom stereocenters. The maximum absolute atomic E-state index is 13.3. The van der Waals surface area contributed by atoms with Gasteiger partial charge in [0.2, 0.25) is 0 Å². The van der Waals surface area contributed by atoms with Crippen LogP contribution in [-0.2, 0) is 29.0 Å². The fourth-order valence-electron chi connectivity index (χ4n) is 5.05. The van der Waals surface area contributed by atoms with Gasteiger partial charge in [0.1, 0.15) is 5.76 Å². The van der Waals surface area contributed by atoms with E-state index >= 15 is 0 Å². The summed E-state index contributed by atoms with van der Waals surface area (Å²) in [6.07, 6.45) is 5.94. The van der Waals surface area contributed by atoms with Gasteiger partial charge in [-0.2, -0.15) is 0 Å². The number of ketones is 1. The number of aliphatic hydroxyl groups excluding tert-OH is 1. The van der Waals surface area contributed by atoms with Crippen LogP contribution >= 0.6 is 0 Å². The van der Waals surface area contributed by atoms with E-state index in [0.717, 1.165) is 30.5 Å². The molecule has 6 nitrogen and oxygen atoms in total. The molecule has 1 amide bonds. The Morgan fingerprint density at radius 1 is 1.00 bits per heavy atom. The molecule has 0 saturated carbocycles. The maximum atomic E-state index is 13.3. The van der Waals surface area contributed by atoms with E-state index in [1.54, 1.807) is 6.20 Å². The predicted octanol–water partition coefficient (Wildman–Crippen LogP) is 4.65. The number of fused-ring (bicyclic) bond motifs is 1. The largest absolute Gasteiger partial charge is 0.507 e. The molecular weight excluding hydrogens is 438 g/mol. The molecule has 2 heterocycles. The quantitative estimate of drug-likeness (QED) is 0.336. The number of pyridine rings is 1. The van der Waals surface area contributed by atoms with Crippen LogP contribution in [0.5, 0.6) is 0 Å². The van der Waals surface area contributed by atoms with Crippen molar-refractivity contribution in [3.05, 3.63) is 100 Å². The summed E-state index contributed by atoms with van der Waals surface area (Å²) in [4.78, 5) is 34.4. The van der Waals surface area contributed by atoms with Crippen LogP contribution in [0.4, 0.5) is 5.69 Å². The van der Waals surface area contributed by atoms with Gasteiger partial charge < -0.3 is 14.9 Å². The van der Waals surface area contributed by atoms with Crippen LogP contribution < -0.4 is 4.90 Å². The number of carbonyl (C=O) groups excluding carboxylic acids is 2. The molecule has 1 aliphatic heterocycles. The molecule has 35 heavy (non-hydrogen) atoms. The number of aliphatic hydroxyl groups is 1. The second kappa shape index (κ2) is 9.37. The standard InChI is InChI=1S/C29H29N3O3/c1-31(2)24-14-12-20(13-15-24)26-25(27(33)22-11-10-19-7-3-4-8-21(19)17-22)28(34)29(35)32(26)18-23-9-5-6-16-30-23/h5-6,9-17,26,33H,3-4,7-8,18H2,1-2H3/b27-25-. The van der Waals surface area contributed by atoms with Crippen molar-refractivity contribution in [2.45, 2.75) is 38.3 Å². The zero-order valence-corrected chi connectivity index (χ0v) is 20.1. The SMILES string of the molecule is CN(C)c1ccc(C2/C(=C(/O)c3ccc4c(c3)CCCC4)C(=O)C(=O)N2Cc2ccccn2)cc1. The van der Waals surface area contributed by atoms with E-state index < -0.39 is 17.7 Å². The minimum atomic E-state index is -0.704. The van der Waals surface area contributed by atoms with Crippen molar-refractivity contribution in [1.82, 2.24) is 9.88 Å². The Hall–Kier alpha value is -3.93. The molecule has 1 atom stereocenters. The molecule has 2 aromatic carbocycles. The molecule has 1 saturated heterocycles. The van der Waals surface area contributed by atoms with E-state index in [2.05, 4.69) is 4.98 Å². The van der Waals surface area contributed by atoms with Crippen LogP contribution in [0.1, 0.15) is 46.8 Å². The summed E-state index contributed by atoms with van der Waals surface area (Å²) in [5.74, 6) is -1.42. The van der Waals surface area contributed by atoms with Gasteiger partial charge in [-0.3, -0.25) is 14.6 Å². The Kier molecular flexibility index (Phi) is 6.12. The van der Waals surface area contributed by atoms with Crippen molar-refractivity contribution in [1.29, 1.82) is 0 Å². The molecule has 6 heteroatoms. The molecule has 2 aliphatic rings.